The molecule has 1 aromatic heterocycles. The number of imidazole rings is 1. The zero-order valence-corrected chi connectivity index (χ0v) is 10.6. The number of aromatic nitrogens is 2. The number of rotatable bonds is 4. The van der Waals surface area contributed by atoms with Gasteiger partial charge in [-0.3, -0.25) is 5.32 Å². The average molecular weight is 247 g/mol. The van der Waals surface area contributed by atoms with Crippen LogP contribution in [-0.4, -0.2) is 23.2 Å². The largest absolute Gasteiger partial charge is 0.453 e. The number of ether oxygens (including phenoxy) is 1. The van der Waals surface area contributed by atoms with E-state index in [9.17, 15) is 4.79 Å². The van der Waals surface area contributed by atoms with Gasteiger partial charge in [0, 0.05) is 12.1 Å². The number of methoxy groups -OCH3 is 1. The summed E-state index contributed by atoms with van der Waals surface area (Å²) < 4.78 is 4.55. The number of carbonyl (C=O) groups is 1. The Labute approximate surface area is 106 Å². The fraction of sp³-hybridized carbons (Fsp3) is 0.385. The Morgan fingerprint density at radius 1 is 1.50 bits per heavy atom. The molecule has 18 heavy (non-hydrogen) atoms. The Kier molecular flexibility index (Phi) is 3.82. The van der Waals surface area contributed by atoms with Crippen molar-refractivity contribution in [2.45, 2.75) is 26.2 Å². The number of amides is 1. The maximum atomic E-state index is 11.1. The number of carbonyl (C=O) groups excluding carboxylic acids is 1. The molecule has 0 aliphatic heterocycles. The quantitative estimate of drug-likeness (QED) is 0.872. The highest BCUT2D eigenvalue weighted by molar-refractivity contribution is 5.88. The summed E-state index contributed by atoms with van der Waals surface area (Å²) in [7, 11) is 1.34. The molecule has 1 amide bonds. The van der Waals surface area contributed by atoms with Crippen molar-refractivity contribution in [3.05, 3.63) is 24.0 Å². The highest BCUT2D eigenvalue weighted by Crippen LogP contribution is 2.18. The van der Waals surface area contributed by atoms with Crippen molar-refractivity contribution >= 4 is 22.8 Å². The van der Waals surface area contributed by atoms with Crippen LogP contribution in [0, 0.1) is 0 Å². The van der Waals surface area contributed by atoms with Crippen LogP contribution in [0.25, 0.3) is 11.0 Å². The van der Waals surface area contributed by atoms with E-state index >= 15 is 0 Å². The topological polar surface area (TPSA) is 67.0 Å². The first-order chi connectivity index (χ1) is 8.72. The zero-order chi connectivity index (χ0) is 13.0. The highest BCUT2D eigenvalue weighted by atomic mass is 16.5. The first-order valence-corrected chi connectivity index (χ1v) is 6.06. The van der Waals surface area contributed by atoms with E-state index in [4.69, 9.17) is 0 Å². The minimum Gasteiger partial charge on any atom is -0.453 e. The molecule has 96 valence electrons. The third-order valence-corrected chi connectivity index (χ3v) is 2.73. The fourth-order valence-corrected chi connectivity index (χ4v) is 1.77. The van der Waals surface area contributed by atoms with Gasteiger partial charge in [-0.05, 0) is 24.6 Å². The van der Waals surface area contributed by atoms with Crippen molar-refractivity contribution < 1.29 is 9.53 Å². The van der Waals surface area contributed by atoms with Crippen molar-refractivity contribution in [2.75, 3.05) is 12.4 Å². The number of H-pyrrole nitrogens is 1. The normalized spacial score (nSPS) is 10.6. The van der Waals surface area contributed by atoms with E-state index in [1.54, 1.807) is 0 Å². The molecular formula is C13H17N3O2. The third kappa shape index (κ3) is 2.80. The van der Waals surface area contributed by atoms with Gasteiger partial charge in [0.15, 0.2) is 0 Å². The summed E-state index contributed by atoms with van der Waals surface area (Å²) in [6, 6.07) is 5.55. The van der Waals surface area contributed by atoms with Crippen LogP contribution >= 0.6 is 0 Å². The highest BCUT2D eigenvalue weighted by Gasteiger charge is 2.05. The van der Waals surface area contributed by atoms with E-state index in [0.29, 0.717) is 5.69 Å². The number of hydrogen-bond donors (Lipinski definition) is 2. The van der Waals surface area contributed by atoms with E-state index in [0.717, 1.165) is 36.1 Å². The number of hydrogen-bond acceptors (Lipinski definition) is 3. The predicted molar refractivity (Wildman–Crippen MR) is 70.7 cm³/mol. The lowest BCUT2D eigenvalue weighted by molar-refractivity contribution is 0.187. The van der Waals surface area contributed by atoms with Crippen LogP contribution in [0.4, 0.5) is 10.5 Å². The standard InChI is InChI=1S/C13H17N3O2/c1-3-4-5-12-15-10-7-6-9(8-11(10)16-12)14-13(17)18-2/h6-8H,3-5H2,1-2H3,(H,14,17)(H,15,16). The number of aryl methyl sites for hydroxylation is 1. The maximum Gasteiger partial charge on any atom is 0.411 e. The van der Waals surface area contributed by atoms with Gasteiger partial charge < -0.3 is 9.72 Å². The lowest BCUT2D eigenvalue weighted by atomic mass is 10.2. The Morgan fingerprint density at radius 3 is 3.06 bits per heavy atom. The van der Waals surface area contributed by atoms with Crippen molar-refractivity contribution in [1.29, 1.82) is 0 Å². The summed E-state index contributed by atoms with van der Waals surface area (Å²) in [5.74, 6) is 0.988. The van der Waals surface area contributed by atoms with E-state index in [2.05, 4.69) is 26.9 Å². The molecule has 0 fully saturated rings. The van der Waals surface area contributed by atoms with Gasteiger partial charge in [0.2, 0.25) is 0 Å². The van der Waals surface area contributed by atoms with Gasteiger partial charge in [0.25, 0.3) is 0 Å². The van der Waals surface area contributed by atoms with Crippen LogP contribution in [0.3, 0.4) is 0 Å². The van der Waals surface area contributed by atoms with E-state index in [-0.39, 0.29) is 0 Å². The molecule has 0 bridgehead atoms. The lowest BCUT2D eigenvalue weighted by Crippen LogP contribution is -2.10. The zero-order valence-electron chi connectivity index (χ0n) is 10.6. The molecular weight excluding hydrogens is 230 g/mol. The maximum absolute atomic E-state index is 11.1. The van der Waals surface area contributed by atoms with E-state index in [1.165, 1.54) is 7.11 Å². The van der Waals surface area contributed by atoms with Crippen LogP contribution in [0.1, 0.15) is 25.6 Å². The number of anilines is 1. The Balaban J connectivity index is 2.19. The molecule has 2 rings (SSSR count). The van der Waals surface area contributed by atoms with Gasteiger partial charge in [-0.2, -0.15) is 0 Å². The van der Waals surface area contributed by atoms with E-state index in [1.807, 2.05) is 18.2 Å². The Hall–Kier alpha value is -2.04. The number of aromatic amines is 1. The molecule has 0 aliphatic carbocycles. The smallest absolute Gasteiger partial charge is 0.411 e. The van der Waals surface area contributed by atoms with Crippen molar-refractivity contribution in [2.24, 2.45) is 0 Å². The summed E-state index contributed by atoms with van der Waals surface area (Å²) in [5.41, 5.74) is 2.53. The summed E-state index contributed by atoms with van der Waals surface area (Å²) >= 11 is 0. The first-order valence-electron chi connectivity index (χ1n) is 6.06. The monoisotopic (exact) mass is 247 g/mol. The molecule has 1 aromatic carbocycles. The second-order valence-electron chi connectivity index (χ2n) is 4.14. The number of nitrogens with one attached hydrogen (secondary N) is 2. The number of unbranched alkanes of at least 4 members (excludes halogenated alkanes) is 1. The molecule has 0 saturated heterocycles. The van der Waals surface area contributed by atoms with Crippen LogP contribution in [0.2, 0.25) is 0 Å². The molecule has 1 heterocycles. The lowest BCUT2D eigenvalue weighted by Gasteiger charge is -2.02. The van der Waals surface area contributed by atoms with Crippen molar-refractivity contribution in [3.63, 3.8) is 0 Å². The summed E-state index contributed by atoms with van der Waals surface area (Å²) in [6.07, 6.45) is 2.74. The van der Waals surface area contributed by atoms with Crippen LogP contribution in [0.15, 0.2) is 18.2 Å². The molecule has 0 spiro atoms. The molecule has 5 heteroatoms. The molecule has 0 radical (unpaired) electrons. The summed E-state index contributed by atoms with van der Waals surface area (Å²) in [5, 5.41) is 2.63. The van der Waals surface area contributed by atoms with Gasteiger partial charge in [0.1, 0.15) is 5.82 Å². The second-order valence-corrected chi connectivity index (χ2v) is 4.14. The third-order valence-electron chi connectivity index (χ3n) is 2.73. The molecule has 5 nitrogen and oxygen atoms in total. The molecule has 2 N–H and O–H groups in total. The molecule has 0 atom stereocenters. The minimum absolute atomic E-state index is 0.472. The Bertz CT molecular complexity index is 548. The summed E-state index contributed by atoms with van der Waals surface area (Å²) in [6.45, 7) is 2.15. The molecule has 0 unspecified atom stereocenters. The van der Waals surface area contributed by atoms with Crippen LogP contribution in [-0.2, 0) is 11.2 Å². The number of nitrogens with zero attached hydrogens (tertiary/aromatic N) is 1. The van der Waals surface area contributed by atoms with Crippen LogP contribution < -0.4 is 5.32 Å². The number of fused-ring (bicyclic) bond motifs is 1. The number of benzene rings is 1. The van der Waals surface area contributed by atoms with Crippen molar-refractivity contribution in [1.82, 2.24) is 9.97 Å². The van der Waals surface area contributed by atoms with Crippen molar-refractivity contribution in [3.8, 4) is 0 Å². The van der Waals surface area contributed by atoms with Gasteiger partial charge in [-0.1, -0.05) is 13.3 Å². The summed E-state index contributed by atoms with van der Waals surface area (Å²) in [4.78, 5) is 18.9. The molecule has 0 saturated carbocycles. The second kappa shape index (κ2) is 5.53. The predicted octanol–water partition coefficient (Wildman–Crippen LogP) is 3.08. The molecule has 2 aromatic rings. The fourth-order valence-electron chi connectivity index (χ4n) is 1.77. The average Bonchev–Trinajstić information content (AvgIpc) is 2.78. The van der Waals surface area contributed by atoms with Gasteiger partial charge in [0.05, 0.1) is 18.1 Å². The van der Waals surface area contributed by atoms with Gasteiger partial charge in [-0.15, -0.1) is 0 Å². The first kappa shape index (κ1) is 12.4. The molecule has 0 aliphatic rings. The minimum atomic E-state index is -0.472. The SMILES string of the molecule is CCCCc1nc2ccc(NC(=O)OC)cc2[nH]1. The van der Waals surface area contributed by atoms with E-state index < -0.39 is 6.09 Å². The van der Waals surface area contributed by atoms with Gasteiger partial charge in [-0.25, -0.2) is 9.78 Å². The Morgan fingerprint density at radius 2 is 2.33 bits per heavy atom. The van der Waals surface area contributed by atoms with Crippen LogP contribution in [0.5, 0.6) is 0 Å². The van der Waals surface area contributed by atoms with Gasteiger partial charge >= 0.3 is 6.09 Å².